The summed E-state index contributed by atoms with van der Waals surface area (Å²) < 4.78 is 5.72. The highest BCUT2D eigenvalue weighted by molar-refractivity contribution is 7.80. The van der Waals surface area contributed by atoms with Crippen LogP contribution in [0.15, 0.2) is 66.7 Å². The second kappa shape index (κ2) is 8.69. The van der Waals surface area contributed by atoms with Crippen LogP contribution in [-0.2, 0) is 0 Å². The van der Waals surface area contributed by atoms with Gasteiger partial charge < -0.3 is 15.4 Å². The zero-order valence-electron chi connectivity index (χ0n) is 14.8. The molecule has 0 fully saturated rings. The van der Waals surface area contributed by atoms with Crippen LogP contribution in [0.3, 0.4) is 0 Å². The molecule has 0 unspecified atom stereocenters. The number of nitrogens with zero attached hydrogens (tertiary/aromatic N) is 1. The van der Waals surface area contributed by atoms with Gasteiger partial charge >= 0.3 is 0 Å². The summed E-state index contributed by atoms with van der Waals surface area (Å²) in [4.78, 5) is 10.8. The van der Waals surface area contributed by atoms with Gasteiger partial charge in [0.05, 0.1) is 16.7 Å². The Hall–Kier alpha value is -3.16. The smallest absolute Gasteiger partial charge is 0.275 e. The van der Waals surface area contributed by atoms with Crippen LogP contribution in [0.1, 0.15) is 5.56 Å². The number of nitro benzene ring substituents is 1. The minimum atomic E-state index is -0.488. The number of hydrogen-bond acceptors (Lipinski definition) is 4. The highest BCUT2D eigenvalue weighted by Crippen LogP contribution is 2.30. The highest BCUT2D eigenvalue weighted by atomic mass is 35.5. The van der Waals surface area contributed by atoms with Crippen LogP contribution in [0, 0.1) is 17.0 Å². The van der Waals surface area contributed by atoms with Crippen molar-refractivity contribution in [2.75, 3.05) is 10.6 Å². The van der Waals surface area contributed by atoms with Gasteiger partial charge in [-0.25, -0.2) is 0 Å². The number of nitro groups is 1. The number of rotatable bonds is 5. The van der Waals surface area contributed by atoms with Crippen molar-refractivity contribution in [3.05, 3.63) is 87.4 Å². The minimum Gasteiger partial charge on any atom is -0.457 e. The molecule has 3 aromatic carbocycles. The van der Waals surface area contributed by atoms with Gasteiger partial charge in [-0.2, -0.15) is 0 Å². The van der Waals surface area contributed by atoms with Gasteiger partial charge in [-0.3, -0.25) is 10.1 Å². The number of aryl methyl sites for hydroxylation is 1. The number of hydrogen-bond donors (Lipinski definition) is 2. The summed E-state index contributed by atoms with van der Waals surface area (Å²) in [6.07, 6.45) is 0. The number of halogens is 1. The maximum absolute atomic E-state index is 11.3. The SMILES string of the molecule is Cc1ccccc1NC(=S)Nc1cc(Oc2ccc(Cl)cc2)cc([N+](=O)[O-])c1. The molecule has 0 heterocycles. The summed E-state index contributed by atoms with van der Waals surface area (Å²) in [5.41, 5.74) is 2.19. The molecule has 0 atom stereocenters. The van der Waals surface area contributed by atoms with E-state index in [1.54, 1.807) is 30.3 Å². The highest BCUT2D eigenvalue weighted by Gasteiger charge is 2.12. The predicted molar refractivity (Wildman–Crippen MR) is 116 cm³/mol. The van der Waals surface area contributed by atoms with E-state index in [0.717, 1.165) is 11.3 Å². The fourth-order valence-corrected chi connectivity index (χ4v) is 2.81. The van der Waals surface area contributed by atoms with Crippen molar-refractivity contribution in [1.29, 1.82) is 0 Å². The van der Waals surface area contributed by atoms with Crippen molar-refractivity contribution >= 4 is 46.0 Å². The molecule has 6 nitrogen and oxygen atoms in total. The van der Waals surface area contributed by atoms with Gasteiger partial charge in [-0.05, 0) is 55.0 Å². The van der Waals surface area contributed by atoms with Crippen LogP contribution in [0.2, 0.25) is 5.02 Å². The first-order chi connectivity index (χ1) is 13.4. The van der Waals surface area contributed by atoms with Crippen molar-refractivity contribution in [3.63, 3.8) is 0 Å². The number of anilines is 2. The lowest BCUT2D eigenvalue weighted by Gasteiger charge is -2.13. The largest absolute Gasteiger partial charge is 0.457 e. The number of non-ortho nitro benzene ring substituents is 1. The van der Waals surface area contributed by atoms with E-state index in [4.69, 9.17) is 28.6 Å². The van der Waals surface area contributed by atoms with Gasteiger partial charge in [0.25, 0.3) is 5.69 Å². The Labute approximate surface area is 172 Å². The zero-order chi connectivity index (χ0) is 20.1. The average molecular weight is 414 g/mol. The summed E-state index contributed by atoms with van der Waals surface area (Å²) in [6, 6.07) is 18.7. The van der Waals surface area contributed by atoms with E-state index >= 15 is 0 Å². The molecule has 142 valence electrons. The molecular formula is C20H16ClN3O3S. The summed E-state index contributed by atoms with van der Waals surface area (Å²) in [5.74, 6) is 0.814. The molecular weight excluding hydrogens is 398 g/mol. The molecule has 0 amide bonds. The molecule has 3 rings (SSSR count). The summed E-state index contributed by atoms with van der Waals surface area (Å²) in [7, 11) is 0. The third-order valence-corrected chi connectivity index (χ3v) is 4.26. The molecule has 0 saturated heterocycles. The van der Waals surface area contributed by atoms with Crippen molar-refractivity contribution in [2.45, 2.75) is 6.92 Å². The topological polar surface area (TPSA) is 76.4 Å². The molecule has 3 aromatic rings. The fourth-order valence-electron chi connectivity index (χ4n) is 2.46. The first kappa shape index (κ1) is 19.6. The standard InChI is InChI=1S/C20H16ClN3O3S/c1-13-4-2-3-5-19(13)23-20(28)22-15-10-16(24(25)26)12-18(11-15)27-17-8-6-14(21)7-9-17/h2-12H,1H3,(H2,22,23,28). The molecule has 0 spiro atoms. The lowest BCUT2D eigenvalue weighted by atomic mass is 10.2. The van der Waals surface area contributed by atoms with E-state index in [-0.39, 0.29) is 5.69 Å². The van der Waals surface area contributed by atoms with Gasteiger partial charge in [-0.1, -0.05) is 29.8 Å². The normalized spacial score (nSPS) is 10.2. The van der Waals surface area contributed by atoms with E-state index < -0.39 is 4.92 Å². The van der Waals surface area contributed by atoms with Crippen LogP contribution < -0.4 is 15.4 Å². The Morgan fingerprint density at radius 2 is 1.75 bits per heavy atom. The molecule has 0 radical (unpaired) electrons. The monoisotopic (exact) mass is 413 g/mol. The lowest BCUT2D eigenvalue weighted by Crippen LogP contribution is -2.19. The first-order valence-corrected chi connectivity index (χ1v) is 9.06. The van der Waals surface area contributed by atoms with Gasteiger partial charge in [0.1, 0.15) is 11.5 Å². The molecule has 8 heteroatoms. The van der Waals surface area contributed by atoms with E-state index in [0.29, 0.717) is 27.3 Å². The number of para-hydroxylation sites is 1. The van der Waals surface area contributed by atoms with E-state index in [2.05, 4.69) is 10.6 Å². The van der Waals surface area contributed by atoms with Gasteiger partial charge in [0, 0.05) is 22.8 Å². The third-order valence-electron chi connectivity index (χ3n) is 3.80. The predicted octanol–water partition coefficient (Wildman–Crippen LogP) is 6.16. The maximum Gasteiger partial charge on any atom is 0.275 e. The molecule has 0 saturated carbocycles. The molecule has 2 N–H and O–H groups in total. The van der Waals surface area contributed by atoms with Crippen LogP contribution >= 0.6 is 23.8 Å². The third kappa shape index (κ3) is 5.18. The maximum atomic E-state index is 11.3. The van der Waals surface area contributed by atoms with Crippen LogP contribution in [0.25, 0.3) is 0 Å². The number of ether oxygens (including phenoxy) is 1. The van der Waals surface area contributed by atoms with Crippen molar-refractivity contribution < 1.29 is 9.66 Å². The minimum absolute atomic E-state index is 0.118. The van der Waals surface area contributed by atoms with E-state index in [1.165, 1.54) is 12.1 Å². The summed E-state index contributed by atoms with van der Waals surface area (Å²) in [5, 5.41) is 18.2. The van der Waals surface area contributed by atoms with Gasteiger partial charge in [0.2, 0.25) is 0 Å². The van der Waals surface area contributed by atoms with Crippen molar-refractivity contribution in [1.82, 2.24) is 0 Å². The van der Waals surface area contributed by atoms with Gasteiger partial charge in [0.15, 0.2) is 5.11 Å². The molecule has 0 bridgehead atoms. The molecule has 0 aliphatic carbocycles. The van der Waals surface area contributed by atoms with Gasteiger partial charge in [-0.15, -0.1) is 0 Å². The van der Waals surface area contributed by atoms with Crippen LogP contribution in [0.4, 0.5) is 17.1 Å². The Kier molecular flexibility index (Phi) is 6.08. The Bertz CT molecular complexity index is 1030. The zero-order valence-corrected chi connectivity index (χ0v) is 16.4. The number of nitrogens with one attached hydrogen (secondary N) is 2. The number of thiocarbonyl (C=S) groups is 1. The Balaban J connectivity index is 1.80. The molecule has 28 heavy (non-hydrogen) atoms. The van der Waals surface area contributed by atoms with Crippen molar-refractivity contribution in [2.24, 2.45) is 0 Å². The lowest BCUT2D eigenvalue weighted by molar-refractivity contribution is -0.384. The first-order valence-electron chi connectivity index (χ1n) is 8.27. The fraction of sp³-hybridized carbons (Fsp3) is 0.0500. The quantitative estimate of drug-likeness (QED) is 0.296. The molecule has 0 aliphatic heterocycles. The van der Waals surface area contributed by atoms with Crippen LogP contribution in [-0.4, -0.2) is 10.0 Å². The summed E-state index contributed by atoms with van der Waals surface area (Å²) in [6.45, 7) is 1.95. The van der Waals surface area contributed by atoms with Crippen LogP contribution in [0.5, 0.6) is 11.5 Å². The Morgan fingerprint density at radius 3 is 2.43 bits per heavy atom. The average Bonchev–Trinajstić information content (AvgIpc) is 2.65. The van der Waals surface area contributed by atoms with E-state index in [9.17, 15) is 10.1 Å². The second-order valence-electron chi connectivity index (χ2n) is 5.92. The molecule has 0 aromatic heterocycles. The van der Waals surface area contributed by atoms with E-state index in [1.807, 2.05) is 31.2 Å². The van der Waals surface area contributed by atoms with Crippen molar-refractivity contribution in [3.8, 4) is 11.5 Å². The summed E-state index contributed by atoms with van der Waals surface area (Å²) >= 11 is 11.2. The Morgan fingerprint density at radius 1 is 1.04 bits per heavy atom. The number of benzene rings is 3. The molecule has 0 aliphatic rings. The second-order valence-corrected chi connectivity index (χ2v) is 6.77.